The van der Waals surface area contributed by atoms with E-state index in [4.69, 9.17) is 4.98 Å². The second-order valence-corrected chi connectivity index (χ2v) is 11.7. The molecule has 0 atom stereocenters. The highest BCUT2D eigenvalue weighted by Crippen LogP contribution is 2.37. The topological polar surface area (TPSA) is 64.7 Å². The third-order valence-corrected chi connectivity index (χ3v) is 8.77. The van der Waals surface area contributed by atoms with Crippen LogP contribution >= 0.6 is 0 Å². The van der Waals surface area contributed by atoms with Gasteiger partial charge in [0.25, 0.3) is 0 Å². The molecule has 4 aromatic heterocycles. The molecule has 7 heteroatoms. The van der Waals surface area contributed by atoms with Crippen molar-refractivity contribution >= 4 is 38.9 Å². The van der Waals surface area contributed by atoms with Gasteiger partial charge in [-0.25, -0.2) is 4.98 Å². The largest absolute Gasteiger partial charge is 0.309 e. The van der Waals surface area contributed by atoms with E-state index in [1.165, 1.54) is 21.8 Å². The highest BCUT2D eigenvalue weighted by molar-refractivity contribution is 6.09. The SMILES string of the molecule is c1ccc(-c2nnc(-c3ccccn3)n2-c2ccc(N(c3ccccc3)c3ccc(-n4c5ccccc5c5ccccc54)cc3)cn2)cc1. The van der Waals surface area contributed by atoms with E-state index in [-0.39, 0.29) is 0 Å². The summed E-state index contributed by atoms with van der Waals surface area (Å²) in [4.78, 5) is 11.8. The van der Waals surface area contributed by atoms with Gasteiger partial charge in [0.15, 0.2) is 11.6 Å². The molecule has 0 aliphatic carbocycles. The Bertz CT molecular complexity index is 2410. The van der Waals surface area contributed by atoms with Gasteiger partial charge in [0.05, 0.1) is 22.9 Å². The quantitative estimate of drug-likeness (QED) is 0.175. The molecule has 0 spiro atoms. The van der Waals surface area contributed by atoms with Crippen molar-refractivity contribution in [3.8, 4) is 34.4 Å². The monoisotopic (exact) mass is 631 g/mol. The number of para-hydroxylation sites is 3. The molecule has 0 bridgehead atoms. The molecular weight excluding hydrogens is 603 g/mol. The summed E-state index contributed by atoms with van der Waals surface area (Å²) < 4.78 is 4.30. The lowest BCUT2D eigenvalue weighted by Gasteiger charge is -2.25. The lowest BCUT2D eigenvalue weighted by atomic mass is 10.2. The van der Waals surface area contributed by atoms with Gasteiger partial charge in [-0.1, -0.05) is 91.0 Å². The van der Waals surface area contributed by atoms with Crippen LogP contribution in [0.3, 0.4) is 0 Å². The Morgan fingerprint density at radius 1 is 0.429 bits per heavy atom. The molecule has 0 radical (unpaired) electrons. The Balaban J connectivity index is 1.13. The van der Waals surface area contributed by atoms with Crippen molar-refractivity contribution < 1.29 is 0 Å². The molecule has 0 N–H and O–H groups in total. The summed E-state index contributed by atoms with van der Waals surface area (Å²) in [7, 11) is 0. The lowest BCUT2D eigenvalue weighted by molar-refractivity contribution is 0.996. The van der Waals surface area contributed by atoms with Crippen molar-refractivity contribution in [2.75, 3.05) is 4.90 Å². The van der Waals surface area contributed by atoms with Crippen LogP contribution in [0.4, 0.5) is 17.1 Å². The molecule has 4 heterocycles. The summed E-state index contributed by atoms with van der Waals surface area (Å²) >= 11 is 0. The lowest BCUT2D eigenvalue weighted by Crippen LogP contribution is -2.11. The average molecular weight is 632 g/mol. The first-order valence-corrected chi connectivity index (χ1v) is 16.2. The third kappa shape index (κ3) is 5.01. The van der Waals surface area contributed by atoms with Crippen molar-refractivity contribution in [3.05, 3.63) is 176 Å². The van der Waals surface area contributed by atoms with Gasteiger partial charge in [-0.2, -0.15) is 0 Å². The van der Waals surface area contributed by atoms with E-state index in [1.54, 1.807) is 6.20 Å². The smallest absolute Gasteiger partial charge is 0.188 e. The highest BCUT2D eigenvalue weighted by Gasteiger charge is 2.20. The van der Waals surface area contributed by atoms with E-state index in [9.17, 15) is 0 Å². The minimum absolute atomic E-state index is 0.625. The van der Waals surface area contributed by atoms with E-state index < -0.39 is 0 Å². The Morgan fingerprint density at radius 2 is 1.02 bits per heavy atom. The normalized spacial score (nSPS) is 11.3. The third-order valence-electron chi connectivity index (χ3n) is 8.77. The number of pyridine rings is 2. The Hall–Kier alpha value is -6.86. The van der Waals surface area contributed by atoms with E-state index in [2.05, 4.69) is 128 Å². The molecule has 0 amide bonds. The van der Waals surface area contributed by atoms with Gasteiger partial charge in [-0.3, -0.25) is 9.55 Å². The van der Waals surface area contributed by atoms with Crippen molar-refractivity contribution in [1.82, 2.24) is 29.3 Å². The highest BCUT2D eigenvalue weighted by atomic mass is 15.3. The van der Waals surface area contributed by atoms with Gasteiger partial charge in [0.1, 0.15) is 11.5 Å². The maximum atomic E-state index is 5.00. The number of rotatable bonds is 7. The number of nitrogens with zero attached hydrogens (tertiary/aromatic N) is 7. The zero-order valence-corrected chi connectivity index (χ0v) is 26.4. The van der Waals surface area contributed by atoms with E-state index >= 15 is 0 Å². The summed E-state index contributed by atoms with van der Waals surface area (Å²) in [5, 5.41) is 11.6. The number of hydrogen-bond donors (Lipinski definition) is 0. The molecule has 7 nitrogen and oxygen atoms in total. The van der Waals surface area contributed by atoms with Gasteiger partial charge < -0.3 is 9.47 Å². The Morgan fingerprint density at radius 3 is 1.67 bits per heavy atom. The van der Waals surface area contributed by atoms with Crippen molar-refractivity contribution in [2.45, 2.75) is 0 Å². The number of anilines is 3. The van der Waals surface area contributed by atoms with Crippen LogP contribution in [0, 0.1) is 0 Å². The number of benzene rings is 5. The molecule has 9 rings (SSSR count). The summed E-state index contributed by atoms with van der Waals surface area (Å²) in [5.74, 6) is 2.02. The molecule has 0 saturated heterocycles. The zero-order chi connectivity index (χ0) is 32.6. The van der Waals surface area contributed by atoms with E-state index in [0.29, 0.717) is 17.5 Å². The fourth-order valence-corrected chi connectivity index (χ4v) is 6.55. The predicted octanol–water partition coefficient (Wildman–Crippen LogP) is 9.96. The molecule has 5 aromatic carbocycles. The van der Waals surface area contributed by atoms with Crippen molar-refractivity contribution in [2.24, 2.45) is 0 Å². The predicted molar refractivity (Wildman–Crippen MR) is 197 cm³/mol. The standard InChI is InChI=1S/C42H29N7/c1-3-13-30(14-4-1)41-45-46-42(37-19-11-12-28-43-37)49(41)40-27-26-34(29-44-40)47(31-15-5-2-6-16-31)32-22-24-33(25-23-32)48-38-20-9-7-17-35(38)36-18-8-10-21-39(36)48/h1-29H. The Labute approximate surface area is 283 Å². The van der Waals surface area contributed by atoms with Gasteiger partial charge in [-0.15, -0.1) is 10.2 Å². The molecule has 49 heavy (non-hydrogen) atoms. The number of aromatic nitrogens is 6. The molecule has 0 aliphatic heterocycles. The molecule has 9 aromatic rings. The minimum Gasteiger partial charge on any atom is -0.309 e. The summed E-state index contributed by atoms with van der Waals surface area (Å²) in [6.45, 7) is 0. The number of fused-ring (bicyclic) bond motifs is 3. The minimum atomic E-state index is 0.625. The first-order valence-electron chi connectivity index (χ1n) is 16.2. The van der Waals surface area contributed by atoms with Crippen LogP contribution in [0.5, 0.6) is 0 Å². The van der Waals surface area contributed by atoms with Gasteiger partial charge in [0, 0.05) is 39.6 Å². The summed E-state index contributed by atoms with van der Waals surface area (Å²) in [6, 6.07) is 56.2. The van der Waals surface area contributed by atoms with Crippen LogP contribution < -0.4 is 4.90 Å². The summed E-state index contributed by atoms with van der Waals surface area (Å²) in [5.41, 5.74) is 8.11. The van der Waals surface area contributed by atoms with Crippen LogP contribution in [-0.4, -0.2) is 29.3 Å². The van der Waals surface area contributed by atoms with Gasteiger partial charge in [0.2, 0.25) is 0 Å². The van der Waals surface area contributed by atoms with Crippen LogP contribution in [0.2, 0.25) is 0 Å². The van der Waals surface area contributed by atoms with Crippen LogP contribution in [0.25, 0.3) is 56.2 Å². The van der Waals surface area contributed by atoms with Crippen LogP contribution in [0.15, 0.2) is 176 Å². The second-order valence-electron chi connectivity index (χ2n) is 11.7. The molecule has 0 saturated carbocycles. The summed E-state index contributed by atoms with van der Waals surface area (Å²) in [6.07, 6.45) is 3.66. The molecule has 0 unspecified atom stereocenters. The molecule has 232 valence electrons. The van der Waals surface area contributed by atoms with E-state index in [0.717, 1.165) is 34.0 Å². The van der Waals surface area contributed by atoms with Crippen LogP contribution in [0.1, 0.15) is 0 Å². The molecular formula is C42H29N7. The molecule has 0 aliphatic rings. The fraction of sp³-hybridized carbons (Fsp3) is 0. The second kappa shape index (κ2) is 12.1. The maximum Gasteiger partial charge on any atom is 0.188 e. The molecule has 0 fully saturated rings. The van der Waals surface area contributed by atoms with Gasteiger partial charge in [-0.05, 0) is 72.8 Å². The maximum absolute atomic E-state index is 5.00. The average Bonchev–Trinajstić information content (AvgIpc) is 3.77. The zero-order valence-electron chi connectivity index (χ0n) is 26.4. The number of hydrogen-bond acceptors (Lipinski definition) is 5. The van der Waals surface area contributed by atoms with Gasteiger partial charge >= 0.3 is 0 Å². The first kappa shape index (κ1) is 28.4. The van der Waals surface area contributed by atoms with Crippen molar-refractivity contribution in [1.29, 1.82) is 0 Å². The Kier molecular flexibility index (Phi) is 6.98. The van der Waals surface area contributed by atoms with E-state index in [1.807, 2.05) is 71.4 Å². The van der Waals surface area contributed by atoms with Crippen molar-refractivity contribution in [3.63, 3.8) is 0 Å². The first-order chi connectivity index (χ1) is 24.3. The fourth-order valence-electron chi connectivity index (χ4n) is 6.55. The van der Waals surface area contributed by atoms with Crippen LogP contribution in [-0.2, 0) is 0 Å².